The van der Waals surface area contributed by atoms with Crippen LogP contribution in [0.5, 0.6) is 0 Å². The number of aliphatic hydroxyl groups excluding tert-OH is 1. The number of alkyl halides is 1. The second-order valence-electron chi connectivity index (χ2n) is 1.59. The minimum absolute atomic E-state index is 0.567. The summed E-state index contributed by atoms with van der Waals surface area (Å²) in [5.41, 5.74) is 0. The Kier molecular flexibility index (Phi) is 5.54. The van der Waals surface area contributed by atoms with Crippen LogP contribution in [0.25, 0.3) is 0 Å². The van der Waals surface area contributed by atoms with Crippen molar-refractivity contribution in [2.24, 2.45) is 0 Å². The molecule has 0 saturated heterocycles. The van der Waals surface area contributed by atoms with Gasteiger partial charge in [0, 0.05) is 0 Å². The highest BCUT2D eigenvalue weighted by Crippen LogP contribution is 1.99. The second kappa shape index (κ2) is 5.38. The maximum Gasteiger partial charge on any atom is 0.115 e. The van der Waals surface area contributed by atoms with E-state index in [0.29, 0.717) is 6.42 Å². The smallest absolute Gasteiger partial charge is 0.115 e. The number of hydrogen-bond acceptors (Lipinski definition) is 2. The standard InChI is InChI=1S/C5H11FOS/c1-8-3-2-5(7)4-6/h5,7H,2-4H2,1H3. The van der Waals surface area contributed by atoms with Crippen molar-refractivity contribution >= 4 is 11.8 Å². The lowest BCUT2D eigenvalue weighted by Crippen LogP contribution is -2.09. The molecule has 0 fully saturated rings. The molecule has 1 atom stereocenters. The van der Waals surface area contributed by atoms with E-state index >= 15 is 0 Å². The van der Waals surface area contributed by atoms with Gasteiger partial charge in [-0.15, -0.1) is 0 Å². The fourth-order valence-electron chi connectivity index (χ4n) is 0.331. The molecule has 1 unspecified atom stereocenters. The summed E-state index contributed by atoms with van der Waals surface area (Å²) in [6.07, 6.45) is 1.77. The Bertz CT molecular complexity index is 51.7. The molecule has 0 amide bonds. The monoisotopic (exact) mass is 138 g/mol. The van der Waals surface area contributed by atoms with E-state index in [9.17, 15) is 4.39 Å². The quantitative estimate of drug-likeness (QED) is 0.627. The molecule has 0 aliphatic rings. The Morgan fingerprint density at radius 2 is 2.38 bits per heavy atom. The van der Waals surface area contributed by atoms with Gasteiger partial charge in [0.2, 0.25) is 0 Å². The number of hydrogen-bond donors (Lipinski definition) is 1. The zero-order valence-electron chi connectivity index (χ0n) is 4.93. The molecule has 0 bridgehead atoms. The fraction of sp³-hybridized carbons (Fsp3) is 1.00. The number of thioether (sulfide) groups is 1. The predicted octanol–water partition coefficient (Wildman–Crippen LogP) is 1.07. The molecule has 0 aromatic carbocycles. The van der Waals surface area contributed by atoms with Gasteiger partial charge in [-0.2, -0.15) is 11.8 Å². The van der Waals surface area contributed by atoms with Crippen LogP contribution in [0.15, 0.2) is 0 Å². The maximum atomic E-state index is 11.5. The first-order chi connectivity index (χ1) is 3.81. The molecule has 1 N–H and O–H groups in total. The van der Waals surface area contributed by atoms with Crippen LogP contribution in [0.2, 0.25) is 0 Å². The first kappa shape index (κ1) is 8.24. The third kappa shape index (κ3) is 4.40. The Hall–Kier alpha value is 0.240. The average molecular weight is 138 g/mol. The van der Waals surface area contributed by atoms with E-state index in [4.69, 9.17) is 5.11 Å². The third-order valence-corrected chi connectivity index (χ3v) is 1.48. The first-order valence-corrected chi connectivity index (χ1v) is 3.93. The fourth-order valence-corrected chi connectivity index (χ4v) is 0.839. The molecule has 0 aliphatic carbocycles. The van der Waals surface area contributed by atoms with Crippen LogP contribution in [0.3, 0.4) is 0 Å². The lowest BCUT2D eigenvalue weighted by molar-refractivity contribution is 0.137. The summed E-state index contributed by atoms with van der Waals surface area (Å²) in [4.78, 5) is 0. The molecule has 0 rings (SSSR count). The van der Waals surface area contributed by atoms with Crippen molar-refractivity contribution in [2.75, 3.05) is 18.7 Å². The molecule has 0 aliphatic heterocycles. The highest BCUT2D eigenvalue weighted by atomic mass is 32.2. The lowest BCUT2D eigenvalue weighted by atomic mass is 10.3. The van der Waals surface area contributed by atoms with Crippen LogP contribution in [-0.2, 0) is 0 Å². The lowest BCUT2D eigenvalue weighted by Gasteiger charge is -2.01. The summed E-state index contributed by atoms with van der Waals surface area (Å²) in [5.74, 6) is 0.838. The molecule has 8 heavy (non-hydrogen) atoms. The zero-order valence-corrected chi connectivity index (χ0v) is 5.75. The normalized spacial score (nSPS) is 13.9. The van der Waals surface area contributed by atoms with Crippen molar-refractivity contribution in [1.29, 1.82) is 0 Å². The summed E-state index contributed by atoms with van der Waals surface area (Å²) < 4.78 is 11.5. The molecule has 0 spiro atoms. The topological polar surface area (TPSA) is 20.2 Å². The van der Waals surface area contributed by atoms with Gasteiger partial charge in [-0.05, 0) is 18.4 Å². The SMILES string of the molecule is CSCCC(O)CF. The number of aliphatic hydroxyl groups is 1. The van der Waals surface area contributed by atoms with Crippen molar-refractivity contribution in [3.05, 3.63) is 0 Å². The number of rotatable bonds is 4. The predicted molar refractivity (Wildman–Crippen MR) is 35.0 cm³/mol. The summed E-state index contributed by atoms with van der Waals surface area (Å²) in [6, 6.07) is 0. The van der Waals surface area contributed by atoms with Crippen molar-refractivity contribution in [3.63, 3.8) is 0 Å². The summed E-state index contributed by atoms with van der Waals surface area (Å²) >= 11 is 1.62. The van der Waals surface area contributed by atoms with Gasteiger partial charge in [0.1, 0.15) is 6.67 Å². The minimum Gasteiger partial charge on any atom is -0.390 e. The van der Waals surface area contributed by atoms with Crippen molar-refractivity contribution in [1.82, 2.24) is 0 Å². The van der Waals surface area contributed by atoms with Gasteiger partial charge in [-0.1, -0.05) is 0 Å². The highest BCUT2D eigenvalue weighted by molar-refractivity contribution is 7.98. The first-order valence-electron chi connectivity index (χ1n) is 2.54. The molecule has 0 heterocycles. The Balaban J connectivity index is 2.86. The molecule has 50 valence electrons. The van der Waals surface area contributed by atoms with E-state index in [0.717, 1.165) is 5.75 Å². The van der Waals surface area contributed by atoms with E-state index in [2.05, 4.69) is 0 Å². The van der Waals surface area contributed by atoms with Gasteiger partial charge in [0.15, 0.2) is 0 Å². The molecule has 0 radical (unpaired) electrons. The minimum atomic E-state index is -0.734. The van der Waals surface area contributed by atoms with E-state index in [1.807, 2.05) is 6.26 Å². The Morgan fingerprint density at radius 1 is 1.75 bits per heavy atom. The molecular formula is C5H11FOS. The molecule has 0 aromatic rings. The van der Waals surface area contributed by atoms with Gasteiger partial charge in [-0.25, -0.2) is 4.39 Å². The van der Waals surface area contributed by atoms with Crippen molar-refractivity contribution < 1.29 is 9.50 Å². The molecule has 0 aromatic heterocycles. The zero-order chi connectivity index (χ0) is 6.41. The van der Waals surface area contributed by atoms with Crippen LogP contribution >= 0.6 is 11.8 Å². The summed E-state index contributed by atoms with van der Waals surface area (Å²) in [5, 5.41) is 8.60. The maximum absolute atomic E-state index is 11.5. The average Bonchev–Trinajstić information content (AvgIpc) is 1.83. The van der Waals surface area contributed by atoms with Gasteiger partial charge in [-0.3, -0.25) is 0 Å². The van der Waals surface area contributed by atoms with Crippen LogP contribution < -0.4 is 0 Å². The summed E-state index contributed by atoms with van der Waals surface area (Å²) in [6.45, 7) is -0.611. The summed E-state index contributed by atoms with van der Waals surface area (Å²) in [7, 11) is 0. The van der Waals surface area contributed by atoms with Gasteiger partial charge < -0.3 is 5.11 Å². The van der Waals surface area contributed by atoms with Crippen LogP contribution in [-0.4, -0.2) is 29.9 Å². The number of halogens is 1. The van der Waals surface area contributed by atoms with Gasteiger partial charge in [0.25, 0.3) is 0 Å². The third-order valence-electron chi connectivity index (χ3n) is 0.833. The molecule has 1 nitrogen and oxygen atoms in total. The van der Waals surface area contributed by atoms with E-state index in [-0.39, 0.29) is 0 Å². The molecule has 3 heteroatoms. The Morgan fingerprint density at radius 3 is 2.75 bits per heavy atom. The van der Waals surface area contributed by atoms with Crippen molar-refractivity contribution in [3.8, 4) is 0 Å². The Labute approximate surface area is 53.3 Å². The van der Waals surface area contributed by atoms with Gasteiger partial charge in [0.05, 0.1) is 6.10 Å². The van der Waals surface area contributed by atoms with E-state index in [1.165, 1.54) is 0 Å². The van der Waals surface area contributed by atoms with Crippen LogP contribution in [0.1, 0.15) is 6.42 Å². The van der Waals surface area contributed by atoms with Gasteiger partial charge >= 0.3 is 0 Å². The van der Waals surface area contributed by atoms with Crippen LogP contribution in [0, 0.1) is 0 Å². The van der Waals surface area contributed by atoms with E-state index < -0.39 is 12.8 Å². The van der Waals surface area contributed by atoms with Crippen molar-refractivity contribution in [2.45, 2.75) is 12.5 Å². The molecular weight excluding hydrogens is 127 g/mol. The van der Waals surface area contributed by atoms with E-state index in [1.54, 1.807) is 11.8 Å². The highest BCUT2D eigenvalue weighted by Gasteiger charge is 1.99. The second-order valence-corrected chi connectivity index (χ2v) is 2.58. The molecule has 0 saturated carbocycles. The van der Waals surface area contributed by atoms with Crippen LogP contribution in [0.4, 0.5) is 4.39 Å². The largest absolute Gasteiger partial charge is 0.390 e.